The highest BCUT2D eigenvalue weighted by molar-refractivity contribution is 5.92. The summed E-state index contributed by atoms with van der Waals surface area (Å²) in [5.74, 6) is 1.29. The normalized spacial score (nSPS) is 9.60. The second-order valence-corrected chi connectivity index (χ2v) is 3.12. The van der Waals surface area contributed by atoms with Crippen molar-refractivity contribution in [2.75, 3.05) is 26.2 Å². The molecular formula is C11H15NO3. The SMILES string of the molecule is COc1ccc(OC)c(N(C)C(C)=O)c1. The summed E-state index contributed by atoms with van der Waals surface area (Å²) in [6.45, 7) is 1.50. The summed E-state index contributed by atoms with van der Waals surface area (Å²) in [5, 5.41) is 0. The van der Waals surface area contributed by atoms with Crippen LogP contribution in [-0.4, -0.2) is 27.2 Å². The number of nitrogens with zero attached hydrogens (tertiary/aromatic N) is 1. The number of benzene rings is 1. The van der Waals surface area contributed by atoms with Gasteiger partial charge in [-0.1, -0.05) is 0 Å². The molecule has 1 aromatic rings. The molecule has 0 spiro atoms. The van der Waals surface area contributed by atoms with Crippen LogP contribution in [0, 0.1) is 0 Å². The Bertz CT molecular complexity index is 363. The summed E-state index contributed by atoms with van der Waals surface area (Å²) >= 11 is 0. The minimum Gasteiger partial charge on any atom is -0.497 e. The number of amides is 1. The number of methoxy groups -OCH3 is 2. The van der Waals surface area contributed by atoms with Gasteiger partial charge in [0.25, 0.3) is 0 Å². The molecule has 0 atom stereocenters. The van der Waals surface area contributed by atoms with Gasteiger partial charge in [-0.3, -0.25) is 4.79 Å². The van der Waals surface area contributed by atoms with Crippen molar-refractivity contribution in [2.24, 2.45) is 0 Å². The van der Waals surface area contributed by atoms with Crippen molar-refractivity contribution in [1.29, 1.82) is 0 Å². The fraction of sp³-hybridized carbons (Fsp3) is 0.364. The van der Waals surface area contributed by atoms with E-state index in [-0.39, 0.29) is 5.91 Å². The maximum Gasteiger partial charge on any atom is 0.223 e. The predicted octanol–water partition coefficient (Wildman–Crippen LogP) is 1.69. The van der Waals surface area contributed by atoms with Crippen molar-refractivity contribution < 1.29 is 14.3 Å². The molecule has 0 radical (unpaired) electrons. The van der Waals surface area contributed by atoms with Gasteiger partial charge in [0.2, 0.25) is 5.91 Å². The molecule has 82 valence electrons. The Labute approximate surface area is 89.4 Å². The highest BCUT2D eigenvalue weighted by atomic mass is 16.5. The zero-order valence-corrected chi connectivity index (χ0v) is 9.40. The Morgan fingerprint density at radius 3 is 2.40 bits per heavy atom. The zero-order chi connectivity index (χ0) is 11.4. The van der Waals surface area contributed by atoms with E-state index in [0.29, 0.717) is 17.2 Å². The van der Waals surface area contributed by atoms with Crippen LogP contribution in [0.4, 0.5) is 5.69 Å². The van der Waals surface area contributed by atoms with E-state index in [0.717, 1.165) is 0 Å². The maximum absolute atomic E-state index is 11.2. The molecule has 0 bridgehead atoms. The van der Waals surface area contributed by atoms with Crippen LogP contribution in [0.15, 0.2) is 18.2 Å². The molecule has 0 fully saturated rings. The van der Waals surface area contributed by atoms with Crippen molar-refractivity contribution in [3.63, 3.8) is 0 Å². The number of hydrogen-bond acceptors (Lipinski definition) is 3. The van der Waals surface area contributed by atoms with Crippen LogP contribution < -0.4 is 14.4 Å². The van der Waals surface area contributed by atoms with Gasteiger partial charge in [0.15, 0.2) is 0 Å². The van der Waals surface area contributed by atoms with E-state index in [4.69, 9.17) is 9.47 Å². The quantitative estimate of drug-likeness (QED) is 0.760. The van der Waals surface area contributed by atoms with Gasteiger partial charge in [-0.15, -0.1) is 0 Å². The first-order chi connectivity index (χ1) is 7.10. The molecule has 4 heteroatoms. The van der Waals surface area contributed by atoms with Crippen LogP contribution in [-0.2, 0) is 4.79 Å². The van der Waals surface area contributed by atoms with Gasteiger partial charge in [0, 0.05) is 20.0 Å². The molecule has 0 heterocycles. The van der Waals surface area contributed by atoms with E-state index in [1.807, 2.05) is 0 Å². The average Bonchev–Trinajstić information content (AvgIpc) is 2.27. The predicted molar refractivity (Wildman–Crippen MR) is 58.6 cm³/mol. The molecule has 0 saturated carbocycles. The first-order valence-electron chi connectivity index (χ1n) is 4.56. The molecule has 0 aliphatic rings. The third-order valence-electron chi connectivity index (χ3n) is 2.22. The molecule has 1 rings (SSSR count). The maximum atomic E-state index is 11.2. The van der Waals surface area contributed by atoms with E-state index in [2.05, 4.69) is 0 Å². The molecule has 15 heavy (non-hydrogen) atoms. The van der Waals surface area contributed by atoms with Crippen molar-refractivity contribution in [2.45, 2.75) is 6.92 Å². The van der Waals surface area contributed by atoms with Crippen molar-refractivity contribution in [3.05, 3.63) is 18.2 Å². The smallest absolute Gasteiger partial charge is 0.223 e. The van der Waals surface area contributed by atoms with Gasteiger partial charge in [-0.05, 0) is 12.1 Å². The van der Waals surface area contributed by atoms with Gasteiger partial charge in [0.05, 0.1) is 19.9 Å². The van der Waals surface area contributed by atoms with Crippen molar-refractivity contribution in [1.82, 2.24) is 0 Å². The molecule has 4 nitrogen and oxygen atoms in total. The number of anilines is 1. The van der Waals surface area contributed by atoms with Crippen molar-refractivity contribution >= 4 is 11.6 Å². The molecule has 1 aromatic carbocycles. The Balaban J connectivity index is 3.16. The van der Waals surface area contributed by atoms with Crippen LogP contribution in [0.1, 0.15) is 6.92 Å². The number of carbonyl (C=O) groups is 1. The van der Waals surface area contributed by atoms with Crippen LogP contribution >= 0.6 is 0 Å². The zero-order valence-electron chi connectivity index (χ0n) is 9.40. The number of rotatable bonds is 3. The van der Waals surface area contributed by atoms with Gasteiger partial charge in [-0.2, -0.15) is 0 Å². The van der Waals surface area contributed by atoms with Crippen LogP contribution in [0.5, 0.6) is 11.5 Å². The molecule has 0 unspecified atom stereocenters. The summed E-state index contributed by atoms with van der Waals surface area (Å²) in [6.07, 6.45) is 0. The Morgan fingerprint density at radius 2 is 1.93 bits per heavy atom. The minimum atomic E-state index is -0.0541. The van der Waals surface area contributed by atoms with Gasteiger partial charge < -0.3 is 14.4 Å². The average molecular weight is 209 g/mol. The number of carbonyl (C=O) groups excluding carboxylic acids is 1. The Hall–Kier alpha value is -1.71. The lowest BCUT2D eigenvalue weighted by Gasteiger charge is -2.18. The number of hydrogen-bond donors (Lipinski definition) is 0. The molecule has 1 amide bonds. The Morgan fingerprint density at radius 1 is 1.27 bits per heavy atom. The summed E-state index contributed by atoms with van der Waals surface area (Å²) < 4.78 is 10.3. The fourth-order valence-electron chi connectivity index (χ4n) is 1.23. The van der Waals surface area contributed by atoms with Crippen molar-refractivity contribution in [3.8, 4) is 11.5 Å². The first-order valence-corrected chi connectivity index (χ1v) is 4.56. The molecular weight excluding hydrogens is 194 g/mol. The van der Waals surface area contributed by atoms with E-state index in [9.17, 15) is 4.79 Å². The highest BCUT2D eigenvalue weighted by Crippen LogP contribution is 2.31. The molecule has 0 saturated heterocycles. The van der Waals surface area contributed by atoms with Gasteiger partial charge in [0.1, 0.15) is 11.5 Å². The van der Waals surface area contributed by atoms with Crippen LogP contribution in [0.3, 0.4) is 0 Å². The van der Waals surface area contributed by atoms with E-state index in [1.54, 1.807) is 39.5 Å². The van der Waals surface area contributed by atoms with E-state index >= 15 is 0 Å². The number of ether oxygens (including phenoxy) is 2. The summed E-state index contributed by atoms with van der Waals surface area (Å²) in [7, 11) is 4.85. The Kier molecular flexibility index (Phi) is 3.55. The van der Waals surface area contributed by atoms with E-state index in [1.165, 1.54) is 11.8 Å². The third-order valence-corrected chi connectivity index (χ3v) is 2.22. The van der Waals surface area contributed by atoms with Gasteiger partial charge in [-0.25, -0.2) is 0 Å². The standard InChI is InChI=1S/C11H15NO3/c1-8(13)12(2)10-7-9(14-3)5-6-11(10)15-4/h5-7H,1-4H3. The molecule has 0 aliphatic carbocycles. The first kappa shape index (κ1) is 11.4. The monoisotopic (exact) mass is 209 g/mol. The van der Waals surface area contributed by atoms with Gasteiger partial charge >= 0.3 is 0 Å². The second kappa shape index (κ2) is 4.68. The van der Waals surface area contributed by atoms with Crippen LogP contribution in [0.25, 0.3) is 0 Å². The summed E-state index contributed by atoms with van der Waals surface area (Å²) in [5.41, 5.74) is 0.698. The lowest BCUT2D eigenvalue weighted by molar-refractivity contribution is -0.116. The lowest BCUT2D eigenvalue weighted by Crippen LogP contribution is -2.23. The fourth-order valence-corrected chi connectivity index (χ4v) is 1.23. The molecule has 0 aliphatic heterocycles. The summed E-state index contributed by atoms with van der Waals surface area (Å²) in [4.78, 5) is 12.8. The third kappa shape index (κ3) is 2.40. The van der Waals surface area contributed by atoms with Crippen LogP contribution in [0.2, 0.25) is 0 Å². The lowest BCUT2D eigenvalue weighted by atomic mass is 10.2. The molecule has 0 aromatic heterocycles. The second-order valence-electron chi connectivity index (χ2n) is 3.12. The molecule has 0 N–H and O–H groups in total. The topological polar surface area (TPSA) is 38.8 Å². The largest absolute Gasteiger partial charge is 0.497 e. The summed E-state index contributed by atoms with van der Waals surface area (Å²) in [6, 6.07) is 5.32. The van der Waals surface area contributed by atoms with E-state index < -0.39 is 0 Å². The minimum absolute atomic E-state index is 0.0541. The highest BCUT2D eigenvalue weighted by Gasteiger charge is 2.12.